The van der Waals surface area contributed by atoms with Crippen molar-refractivity contribution in [1.82, 2.24) is 35.4 Å². The Labute approximate surface area is 507 Å². The van der Waals surface area contributed by atoms with Crippen LogP contribution in [0, 0.1) is 23.5 Å². The number of aromatic nitrogens is 2. The van der Waals surface area contributed by atoms with Gasteiger partial charge in [-0.15, -0.1) is 11.8 Å². The second-order valence-corrected chi connectivity index (χ2v) is 28.5. The van der Waals surface area contributed by atoms with E-state index in [4.69, 9.17) is 21.1 Å². The molecular formula is C55H74Br2ClF2N7O10S4. The molecule has 0 bridgehead atoms. The summed E-state index contributed by atoms with van der Waals surface area (Å²) >= 11 is 17.8. The van der Waals surface area contributed by atoms with Gasteiger partial charge in [0.15, 0.2) is 0 Å². The van der Waals surface area contributed by atoms with Gasteiger partial charge in [0.25, 0.3) is 0 Å². The number of benzene rings is 2. The van der Waals surface area contributed by atoms with Gasteiger partial charge < -0.3 is 25.4 Å². The molecule has 0 spiro atoms. The van der Waals surface area contributed by atoms with Crippen molar-refractivity contribution in [3.63, 3.8) is 0 Å². The minimum atomic E-state index is -3.79. The number of rotatable bonds is 19. The van der Waals surface area contributed by atoms with Crippen molar-refractivity contribution in [2.75, 3.05) is 18.1 Å². The van der Waals surface area contributed by atoms with Gasteiger partial charge in [-0.3, -0.25) is 14.4 Å². The van der Waals surface area contributed by atoms with Gasteiger partial charge in [-0.05, 0) is 193 Å². The van der Waals surface area contributed by atoms with Gasteiger partial charge in [0.1, 0.15) is 42.8 Å². The molecule has 2 saturated carbocycles. The third-order valence-corrected chi connectivity index (χ3v) is 18.7. The molecule has 26 heteroatoms. The standard InChI is InChI=1S/C28H37BrFN3O5S2.C20H22BrClFN3O3S.C7H15NO2S/c1-18(19-7-11-21(30)12-8-19)32-26(35)20-9-13-22(14-10-20)33-40(36,37)23-16-24(29)27(31-17-23)39-15-5-6-25(34)38-28(2,3)4;1-12(13-2-6-15(23)7-3-13)25-20(27)14-4-8-16(9-5-14)26-30(28,29)17-10-18(21)19(22)24-11-17;1-7(2,3)10-6(9)8-4-5-11/h7-8,11-12,16-18,20,22,33H,5-6,9-10,13-15H2,1-4H3,(H,32,35);2-3,6-7,10-12,14,16,26H,4-5,8-9H2,1H3,(H,25,27);11H,4-5H2,1-3H3,(H,8,9)/t18-,20?,22?;12-,14?,16?;/m11./s1. The summed E-state index contributed by atoms with van der Waals surface area (Å²) in [5.41, 5.74) is 0.721. The molecule has 0 saturated heterocycles. The van der Waals surface area contributed by atoms with Crippen LogP contribution in [0.15, 0.2) is 96.8 Å². The van der Waals surface area contributed by atoms with Gasteiger partial charge >= 0.3 is 12.1 Å². The van der Waals surface area contributed by atoms with Crippen molar-refractivity contribution in [3.05, 3.63) is 110 Å². The maximum absolute atomic E-state index is 13.2. The number of esters is 1. The normalized spacial score (nSPS) is 18.3. The molecule has 448 valence electrons. The van der Waals surface area contributed by atoms with Crippen molar-refractivity contribution >= 4 is 112 Å². The van der Waals surface area contributed by atoms with Crippen molar-refractivity contribution in [1.29, 1.82) is 0 Å². The number of carbonyl (C=O) groups is 4. The summed E-state index contributed by atoms with van der Waals surface area (Å²) in [4.78, 5) is 56.3. The molecule has 2 aliphatic carbocycles. The number of nitrogens with one attached hydrogen (secondary N) is 5. The minimum Gasteiger partial charge on any atom is -0.460 e. The minimum absolute atomic E-state index is 0.0340. The Balaban J connectivity index is 0.000000302. The molecule has 3 amide bonds. The fourth-order valence-electron chi connectivity index (χ4n) is 8.32. The van der Waals surface area contributed by atoms with Crippen LogP contribution in [0.25, 0.3) is 0 Å². The van der Waals surface area contributed by atoms with Crippen LogP contribution in [0.5, 0.6) is 0 Å². The SMILES string of the molecule is CC(C)(C)OC(=O)NCCS.C[C@@H](NC(=O)C1CCC(NS(=O)(=O)c2cnc(Cl)c(Br)c2)CC1)c1ccc(F)cc1.C[C@@H](NC(=O)C1CCC(NS(=O)(=O)c2cnc(SCCCC(=O)OC(C)(C)C)c(Br)c2)CC1)c1ccc(F)cc1. The van der Waals surface area contributed by atoms with Crippen LogP contribution >= 0.6 is 67.9 Å². The van der Waals surface area contributed by atoms with Gasteiger partial charge in [0, 0.05) is 60.8 Å². The van der Waals surface area contributed by atoms with Gasteiger partial charge in [0.2, 0.25) is 31.9 Å². The molecule has 5 N–H and O–H groups in total. The zero-order chi connectivity index (χ0) is 60.3. The van der Waals surface area contributed by atoms with Crippen molar-refractivity contribution < 1.29 is 54.3 Å². The molecule has 0 unspecified atom stereocenters. The van der Waals surface area contributed by atoms with Crippen molar-refractivity contribution in [2.24, 2.45) is 11.8 Å². The fourth-order valence-corrected chi connectivity index (χ4v) is 13.2. The topological polar surface area (TPSA) is 241 Å². The number of carbonyl (C=O) groups excluding carboxylic acids is 4. The largest absolute Gasteiger partial charge is 0.460 e. The number of ether oxygens (including phenoxy) is 2. The highest BCUT2D eigenvalue weighted by Gasteiger charge is 2.32. The van der Waals surface area contributed by atoms with Gasteiger partial charge in [-0.2, -0.15) is 12.6 Å². The summed E-state index contributed by atoms with van der Waals surface area (Å²) < 4.78 is 94.1. The number of alkyl carbamates (subject to hydrolysis) is 1. The summed E-state index contributed by atoms with van der Waals surface area (Å²) in [6.45, 7) is 15.2. The maximum Gasteiger partial charge on any atom is 0.407 e. The highest BCUT2D eigenvalue weighted by atomic mass is 79.9. The molecule has 17 nitrogen and oxygen atoms in total. The zero-order valence-electron chi connectivity index (χ0n) is 46.6. The Hall–Kier alpha value is -3.95. The van der Waals surface area contributed by atoms with E-state index in [9.17, 15) is 44.8 Å². The number of thiol groups is 1. The zero-order valence-corrected chi connectivity index (χ0v) is 53.9. The molecule has 6 rings (SSSR count). The molecule has 2 heterocycles. The average Bonchev–Trinajstić information content (AvgIpc) is 3.44. The quantitative estimate of drug-likeness (QED) is 0.0169. The Morgan fingerprint density at radius 3 is 1.51 bits per heavy atom. The summed E-state index contributed by atoms with van der Waals surface area (Å²) in [5.74, 6) is -0.168. The first-order valence-corrected chi connectivity index (χ1v) is 32.9. The molecule has 4 aromatic rings. The highest BCUT2D eigenvalue weighted by molar-refractivity contribution is 9.10. The maximum atomic E-state index is 13.2. The lowest BCUT2D eigenvalue weighted by Gasteiger charge is -2.29. The first kappa shape index (κ1) is 69.5. The second kappa shape index (κ2) is 32.4. The van der Waals surface area contributed by atoms with E-state index in [1.54, 1.807) is 24.3 Å². The molecule has 0 aliphatic heterocycles. The summed E-state index contributed by atoms with van der Waals surface area (Å²) in [6.07, 6.45) is 7.58. The van der Waals surface area contributed by atoms with Gasteiger partial charge in [-0.25, -0.2) is 49.8 Å². The Kier molecular flexibility index (Phi) is 27.8. The van der Waals surface area contributed by atoms with Gasteiger partial charge in [0.05, 0.1) is 21.0 Å². The van der Waals surface area contributed by atoms with Gasteiger partial charge in [-0.1, -0.05) is 35.9 Å². The lowest BCUT2D eigenvalue weighted by Crippen LogP contribution is -2.41. The highest BCUT2D eigenvalue weighted by Crippen LogP contribution is 2.32. The van der Waals surface area contributed by atoms with E-state index in [0.29, 0.717) is 96.2 Å². The van der Waals surface area contributed by atoms with Crippen molar-refractivity contribution in [2.45, 2.75) is 170 Å². The molecule has 2 aromatic carbocycles. The number of halogens is 5. The Bertz CT molecular complexity index is 2950. The molecule has 2 aliphatic rings. The third-order valence-electron chi connectivity index (χ3n) is 12.4. The monoisotopic (exact) mass is 1350 g/mol. The molecule has 2 aromatic heterocycles. The lowest BCUT2D eigenvalue weighted by molar-refractivity contribution is -0.154. The number of amides is 3. The third kappa shape index (κ3) is 25.0. The van der Waals surface area contributed by atoms with E-state index in [0.717, 1.165) is 11.1 Å². The molecule has 2 atom stereocenters. The van der Waals surface area contributed by atoms with E-state index in [2.05, 4.69) is 79.9 Å². The summed E-state index contributed by atoms with van der Waals surface area (Å²) in [6, 6.07) is 14.0. The number of sulfonamides is 2. The van der Waals surface area contributed by atoms with Crippen LogP contribution in [0.2, 0.25) is 5.15 Å². The van der Waals surface area contributed by atoms with E-state index in [1.165, 1.54) is 60.6 Å². The molecule has 0 radical (unpaired) electrons. The van der Waals surface area contributed by atoms with E-state index < -0.39 is 31.2 Å². The molecular weight excluding hydrogens is 1280 g/mol. The number of hydrogen-bond donors (Lipinski definition) is 6. The number of thioether (sulfide) groups is 1. The van der Waals surface area contributed by atoms with Crippen LogP contribution in [0.1, 0.15) is 143 Å². The summed E-state index contributed by atoms with van der Waals surface area (Å²) in [5, 5.41) is 9.32. The van der Waals surface area contributed by atoms with E-state index >= 15 is 0 Å². The first-order valence-electron chi connectivity index (χ1n) is 26.4. The van der Waals surface area contributed by atoms with Crippen molar-refractivity contribution in [3.8, 4) is 0 Å². The van der Waals surface area contributed by atoms with E-state index in [-0.39, 0.29) is 86.5 Å². The smallest absolute Gasteiger partial charge is 0.407 e. The number of hydrogen-bond acceptors (Lipinski definition) is 14. The predicted molar refractivity (Wildman–Crippen MR) is 321 cm³/mol. The Morgan fingerprint density at radius 1 is 0.691 bits per heavy atom. The number of nitrogens with zero attached hydrogens (tertiary/aromatic N) is 2. The molecule has 2 fully saturated rings. The Morgan fingerprint density at radius 2 is 1.11 bits per heavy atom. The average molecular weight is 1350 g/mol. The van der Waals surface area contributed by atoms with Crippen LogP contribution in [-0.4, -0.2) is 92.0 Å². The summed E-state index contributed by atoms with van der Waals surface area (Å²) in [7, 11) is -7.52. The van der Waals surface area contributed by atoms with Crippen LogP contribution in [0.3, 0.4) is 0 Å². The van der Waals surface area contributed by atoms with Crippen LogP contribution in [0.4, 0.5) is 13.6 Å². The second-order valence-electron chi connectivity index (χ2n) is 21.5. The molecule has 81 heavy (non-hydrogen) atoms. The predicted octanol–water partition coefficient (Wildman–Crippen LogP) is 11.7. The van der Waals surface area contributed by atoms with Crippen LogP contribution in [-0.2, 0) is 43.9 Å². The number of pyridine rings is 2. The first-order chi connectivity index (χ1) is 37.8. The fraction of sp³-hybridized carbons (Fsp3) is 0.527. The lowest BCUT2D eigenvalue weighted by atomic mass is 9.85. The van der Waals surface area contributed by atoms with Crippen LogP contribution < -0.4 is 25.4 Å². The van der Waals surface area contributed by atoms with E-state index in [1.807, 2.05) is 55.4 Å².